The zero-order valence-corrected chi connectivity index (χ0v) is 11.2. The van der Waals surface area contributed by atoms with Crippen LogP contribution in [-0.4, -0.2) is 50.5 Å². The van der Waals surface area contributed by atoms with Crippen LogP contribution in [0.5, 0.6) is 11.5 Å². The second kappa shape index (κ2) is 7.55. The molecule has 0 aliphatic heterocycles. The predicted octanol–water partition coefficient (Wildman–Crippen LogP) is 1.28. The summed E-state index contributed by atoms with van der Waals surface area (Å²) in [6, 6.07) is 5.11. The Bertz CT molecular complexity index is 392. The minimum absolute atomic E-state index is 0.133. The van der Waals surface area contributed by atoms with Crippen LogP contribution in [0.4, 0.5) is 0 Å². The number of nitrogens with zero attached hydrogens (tertiary/aromatic N) is 2. The largest absolute Gasteiger partial charge is 0.504 e. The monoisotopic (exact) mass is 251 g/mol. The van der Waals surface area contributed by atoms with Crippen molar-refractivity contribution in [2.45, 2.75) is 6.42 Å². The summed E-state index contributed by atoms with van der Waals surface area (Å²) >= 11 is 0. The average molecular weight is 251 g/mol. The first-order valence-corrected chi connectivity index (χ1v) is 5.91. The standard InChI is InChI=1S/C13H21N3O2/c1-16(2)8-4-7-14-15-10-11-5-6-12(17)13(9-11)18-3/h5-6,9-10,14,17H,4,7-8H2,1-3H3. The Kier molecular flexibility index (Phi) is 6.00. The molecule has 1 aromatic carbocycles. The van der Waals surface area contributed by atoms with Crippen molar-refractivity contribution in [3.8, 4) is 11.5 Å². The molecule has 0 fully saturated rings. The van der Waals surface area contributed by atoms with Gasteiger partial charge in [0, 0.05) is 6.54 Å². The fourth-order valence-electron chi connectivity index (χ4n) is 1.43. The number of methoxy groups -OCH3 is 1. The Labute approximate surface area is 108 Å². The summed E-state index contributed by atoms with van der Waals surface area (Å²) in [5.74, 6) is 0.583. The first-order chi connectivity index (χ1) is 8.63. The topological polar surface area (TPSA) is 57.1 Å². The highest BCUT2D eigenvalue weighted by Crippen LogP contribution is 2.25. The normalized spacial score (nSPS) is 11.1. The van der Waals surface area contributed by atoms with Gasteiger partial charge in [0.15, 0.2) is 11.5 Å². The minimum atomic E-state index is 0.133. The van der Waals surface area contributed by atoms with E-state index in [1.807, 2.05) is 14.1 Å². The molecule has 0 spiro atoms. The summed E-state index contributed by atoms with van der Waals surface area (Å²) < 4.78 is 5.02. The highest BCUT2D eigenvalue weighted by molar-refractivity contribution is 5.80. The van der Waals surface area contributed by atoms with E-state index in [9.17, 15) is 5.11 Å². The van der Waals surface area contributed by atoms with Crippen LogP contribution in [0.25, 0.3) is 0 Å². The van der Waals surface area contributed by atoms with Crippen molar-refractivity contribution < 1.29 is 9.84 Å². The van der Waals surface area contributed by atoms with Gasteiger partial charge < -0.3 is 20.2 Å². The second-order valence-corrected chi connectivity index (χ2v) is 4.25. The molecule has 0 radical (unpaired) electrons. The minimum Gasteiger partial charge on any atom is -0.504 e. The van der Waals surface area contributed by atoms with E-state index in [1.54, 1.807) is 24.4 Å². The molecule has 0 unspecified atom stereocenters. The van der Waals surface area contributed by atoms with Crippen LogP contribution < -0.4 is 10.2 Å². The Morgan fingerprint density at radius 2 is 2.22 bits per heavy atom. The summed E-state index contributed by atoms with van der Waals surface area (Å²) in [5, 5.41) is 13.6. The molecule has 0 saturated carbocycles. The molecule has 0 amide bonds. The molecular weight excluding hydrogens is 230 g/mol. The van der Waals surface area contributed by atoms with Crippen LogP contribution in [0, 0.1) is 0 Å². The number of ether oxygens (including phenoxy) is 1. The third kappa shape index (κ3) is 5.05. The molecule has 1 aromatic rings. The Morgan fingerprint density at radius 1 is 1.44 bits per heavy atom. The molecule has 0 aliphatic rings. The molecule has 5 heteroatoms. The maximum atomic E-state index is 9.44. The van der Waals surface area contributed by atoms with Gasteiger partial charge in [0.2, 0.25) is 0 Å². The lowest BCUT2D eigenvalue weighted by atomic mass is 10.2. The number of phenols is 1. The van der Waals surface area contributed by atoms with Gasteiger partial charge in [-0.15, -0.1) is 0 Å². The van der Waals surface area contributed by atoms with Crippen LogP contribution in [-0.2, 0) is 0 Å². The summed E-state index contributed by atoms with van der Waals surface area (Å²) in [7, 11) is 5.62. The summed E-state index contributed by atoms with van der Waals surface area (Å²) in [6.45, 7) is 1.87. The predicted molar refractivity (Wildman–Crippen MR) is 73.4 cm³/mol. The summed E-state index contributed by atoms with van der Waals surface area (Å²) in [6.07, 6.45) is 2.75. The number of benzene rings is 1. The quantitative estimate of drug-likeness (QED) is 0.435. The molecule has 0 saturated heterocycles. The Hall–Kier alpha value is -1.75. The molecule has 0 aliphatic carbocycles. The van der Waals surface area contributed by atoms with Gasteiger partial charge in [-0.2, -0.15) is 5.10 Å². The molecule has 0 atom stereocenters. The van der Waals surface area contributed by atoms with Crippen LogP contribution in [0.3, 0.4) is 0 Å². The highest BCUT2D eigenvalue weighted by atomic mass is 16.5. The fourth-order valence-corrected chi connectivity index (χ4v) is 1.43. The zero-order chi connectivity index (χ0) is 13.4. The van der Waals surface area contributed by atoms with E-state index in [-0.39, 0.29) is 5.75 Å². The molecule has 5 nitrogen and oxygen atoms in total. The van der Waals surface area contributed by atoms with Crippen molar-refractivity contribution in [2.75, 3.05) is 34.3 Å². The third-order valence-electron chi connectivity index (χ3n) is 2.40. The summed E-state index contributed by atoms with van der Waals surface area (Å²) in [5.41, 5.74) is 3.86. The van der Waals surface area contributed by atoms with Gasteiger partial charge in [-0.05, 0) is 50.8 Å². The van der Waals surface area contributed by atoms with E-state index in [0.29, 0.717) is 5.75 Å². The molecule has 100 valence electrons. The Balaban J connectivity index is 2.38. The van der Waals surface area contributed by atoms with Gasteiger partial charge in [0.1, 0.15) is 0 Å². The van der Waals surface area contributed by atoms with Crippen molar-refractivity contribution in [2.24, 2.45) is 5.10 Å². The smallest absolute Gasteiger partial charge is 0.161 e. The lowest BCUT2D eigenvalue weighted by Gasteiger charge is -2.08. The van der Waals surface area contributed by atoms with Gasteiger partial charge in [-0.25, -0.2) is 0 Å². The lowest BCUT2D eigenvalue weighted by Crippen LogP contribution is -2.18. The number of phenolic OH excluding ortho intramolecular Hbond substituents is 1. The number of hydrogen-bond donors (Lipinski definition) is 2. The van der Waals surface area contributed by atoms with Crippen LogP contribution >= 0.6 is 0 Å². The first-order valence-electron chi connectivity index (χ1n) is 5.91. The number of hydrazone groups is 1. The molecule has 0 aromatic heterocycles. The third-order valence-corrected chi connectivity index (χ3v) is 2.40. The number of nitrogens with one attached hydrogen (secondary N) is 1. The van der Waals surface area contributed by atoms with E-state index in [0.717, 1.165) is 25.1 Å². The molecule has 18 heavy (non-hydrogen) atoms. The molecular formula is C13H21N3O2. The van der Waals surface area contributed by atoms with Crippen LogP contribution in [0.15, 0.2) is 23.3 Å². The maximum absolute atomic E-state index is 9.44. The van der Waals surface area contributed by atoms with Crippen molar-refractivity contribution >= 4 is 6.21 Å². The van der Waals surface area contributed by atoms with Gasteiger partial charge in [0.25, 0.3) is 0 Å². The highest BCUT2D eigenvalue weighted by Gasteiger charge is 2.00. The van der Waals surface area contributed by atoms with Gasteiger partial charge in [-0.1, -0.05) is 0 Å². The Morgan fingerprint density at radius 3 is 2.89 bits per heavy atom. The maximum Gasteiger partial charge on any atom is 0.161 e. The van der Waals surface area contributed by atoms with Crippen LogP contribution in [0.2, 0.25) is 0 Å². The lowest BCUT2D eigenvalue weighted by molar-refractivity contribution is 0.373. The van der Waals surface area contributed by atoms with Gasteiger partial charge in [0.05, 0.1) is 13.3 Å². The SMILES string of the molecule is COc1cc(C=NNCCCN(C)C)ccc1O. The molecule has 2 N–H and O–H groups in total. The van der Waals surface area contributed by atoms with Gasteiger partial charge in [-0.3, -0.25) is 0 Å². The number of aromatic hydroxyl groups is 1. The van der Waals surface area contributed by atoms with Crippen molar-refractivity contribution in [1.29, 1.82) is 0 Å². The molecule has 0 bridgehead atoms. The first kappa shape index (κ1) is 14.3. The average Bonchev–Trinajstić information content (AvgIpc) is 2.35. The van der Waals surface area contributed by atoms with E-state index in [2.05, 4.69) is 15.4 Å². The fraction of sp³-hybridized carbons (Fsp3) is 0.462. The van der Waals surface area contributed by atoms with Gasteiger partial charge >= 0.3 is 0 Å². The van der Waals surface area contributed by atoms with E-state index in [1.165, 1.54) is 7.11 Å². The van der Waals surface area contributed by atoms with E-state index < -0.39 is 0 Å². The van der Waals surface area contributed by atoms with E-state index >= 15 is 0 Å². The molecule has 1 rings (SSSR count). The molecule has 0 heterocycles. The zero-order valence-electron chi connectivity index (χ0n) is 11.2. The number of rotatable bonds is 7. The van der Waals surface area contributed by atoms with Crippen molar-refractivity contribution in [1.82, 2.24) is 10.3 Å². The summed E-state index contributed by atoms with van der Waals surface area (Å²) in [4.78, 5) is 2.14. The van der Waals surface area contributed by atoms with Crippen LogP contribution in [0.1, 0.15) is 12.0 Å². The van der Waals surface area contributed by atoms with Crippen molar-refractivity contribution in [3.63, 3.8) is 0 Å². The van der Waals surface area contributed by atoms with Crippen molar-refractivity contribution in [3.05, 3.63) is 23.8 Å². The number of hydrogen-bond acceptors (Lipinski definition) is 5. The second-order valence-electron chi connectivity index (χ2n) is 4.25. The van der Waals surface area contributed by atoms with E-state index in [4.69, 9.17) is 4.74 Å².